The first-order valence-corrected chi connectivity index (χ1v) is 7.48. The molecule has 2 rings (SSSR count). The summed E-state index contributed by atoms with van der Waals surface area (Å²) in [7, 11) is -3.31. The summed E-state index contributed by atoms with van der Waals surface area (Å²) in [5.74, 6) is 5.02. The van der Waals surface area contributed by atoms with Crippen LogP contribution in [0.5, 0.6) is 0 Å². The Morgan fingerprint density at radius 1 is 1.30 bits per heavy atom. The van der Waals surface area contributed by atoms with Crippen LogP contribution in [-0.2, 0) is 16.2 Å². The monoisotopic (exact) mass is 303 g/mol. The van der Waals surface area contributed by atoms with Crippen LogP contribution in [0.2, 0.25) is 0 Å². The van der Waals surface area contributed by atoms with Gasteiger partial charge in [0.1, 0.15) is 0 Å². The molecule has 0 heterocycles. The Morgan fingerprint density at radius 2 is 2.00 bits per heavy atom. The quantitative estimate of drug-likeness (QED) is 0.870. The van der Waals surface area contributed by atoms with Crippen LogP contribution in [-0.4, -0.2) is 20.2 Å². The van der Waals surface area contributed by atoms with E-state index in [1.54, 1.807) is 0 Å². The van der Waals surface area contributed by atoms with Crippen LogP contribution in [0.25, 0.3) is 0 Å². The summed E-state index contributed by atoms with van der Waals surface area (Å²) < 4.78 is 62.6. The fourth-order valence-corrected chi connectivity index (χ4v) is 2.82. The highest BCUT2D eigenvalue weighted by atomic mass is 32.2. The fraction of sp³-hybridized carbons (Fsp3) is 0.385. The van der Waals surface area contributed by atoms with Crippen molar-refractivity contribution in [2.45, 2.75) is 24.3 Å². The van der Waals surface area contributed by atoms with Crippen LogP contribution in [0.15, 0.2) is 24.3 Å². The zero-order valence-corrected chi connectivity index (χ0v) is 11.2. The molecule has 0 aromatic heterocycles. The van der Waals surface area contributed by atoms with Crippen molar-refractivity contribution in [2.24, 2.45) is 0 Å². The standard InChI is InChI=1S/C13H12F3NO2S/c14-13(15,16)11-5-1-3-10(9-11)4-2-8-17-20(18,19)12-6-7-12/h1,3,5,9,12,17H,6-8H2. The lowest BCUT2D eigenvalue weighted by atomic mass is 10.1. The molecule has 1 aromatic rings. The normalized spacial score (nSPS) is 15.6. The van der Waals surface area contributed by atoms with E-state index in [1.807, 2.05) is 0 Å². The summed E-state index contributed by atoms with van der Waals surface area (Å²) >= 11 is 0. The molecule has 7 heteroatoms. The van der Waals surface area contributed by atoms with E-state index < -0.39 is 21.8 Å². The molecule has 108 valence electrons. The molecule has 1 aliphatic carbocycles. The van der Waals surface area contributed by atoms with Crippen molar-refractivity contribution in [1.82, 2.24) is 4.72 Å². The molecule has 0 spiro atoms. The van der Waals surface area contributed by atoms with Crippen molar-refractivity contribution in [2.75, 3.05) is 6.54 Å². The lowest BCUT2D eigenvalue weighted by Gasteiger charge is -2.05. The first-order chi connectivity index (χ1) is 9.29. The molecule has 0 bridgehead atoms. The maximum absolute atomic E-state index is 12.5. The van der Waals surface area contributed by atoms with Crippen LogP contribution in [0.1, 0.15) is 24.0 Å². The number of halogens is 3. The van der Waals surface area contributed by atoms with E-state index in [9.17, 15) is 21.6 Å². The van der Waals surface area contributed by atoms with E-state index in [4.69, 9.17) is 0 Å². The highest BCUT2D eigenvalue weighted by molar-refractivity contribution is 7.90. The van der Waals surface area contributed by atoms with Crippen molar-refractivity contribution in [3.05, 3.63) is 35.4 Å². The van der Waals surface area contributed by atoms with E-state index in [2.05, 4.69) is 16.6 Å². The number of benzene rings is 1. The zero-order chi connectivity index (χ0) is 14.8. The largest absolute Gasteiger partial charge is 0.416 e. The molecule has 0 atom stereocenters. The molecule has 0 saturated heterocycles. The van der Waals surface area contributed by atoms with Gasteiger partial charge < -0.3 is 0 Å². The highest BCUT2D eigenvalue weighted by Gasteiger charge is 2.35. The summed E-state index contributed by atoms with van der Waals surface area (Å²) in [6.45, 7) is -0.102. The van der Waals surface area contributed by atoms with Gasteiger partial charge in [0.05, 0.1) is 17.4 Å². The first-order valence-electron chi connectivity index (χ1n) is 5.94. The average Bonchev–Trinajstić information content (AvgIpc) is 3.18. The molecule has 1 fully saturated rings. The minimum atomic E-state index is -4.41. The summed E-state index contributed by atoms with van der Waals surface area (Å²) in [6.07, 6.45) is -3.11. The maximum Gasteiger partial charge on any atom is 0.416 e. The molecule has 3 nitrogen and oxygen atoms in total. The van der Waals surface area contributed by atoms with Crippen molar-refractivity contribution >= 4 is 10.0 Å². The molecule has 1 aliphatic rings. The second-order valence-electron chi connectivity index (χ2n) is 4.45. The minimum Gasteiger partial charge on any atom is -0.212 e. The molecule has 0 amide bonds. The van der Waals surface area contributed by atoms with E-state index in [1.165, 1.54) is 12.1 Å². The topological polar surface area (TPSA) is 46.2 Å². The average molecular weight is 303 g/mol. The van der Waals surface area contributed by atoms with Gasteiger partial charge in [-0.25, -0.2) is 13.1 Å². The smallest absolute Gasteiger partial charge is 0.212 e. The summed E-state index contributed by atoms with van der Waals surface area (Å²) in [6, 6.07) is 4.60. The van der Waals surface area contributed by atoms with Gasteiger partial charge >= 0.3 is 6.18 Å². The van der Waals surface area contributed by atoms with E-state index in [-0.39, 0.29) is 17.4 Å². The molecule has 1 N–H and O–H groups in total. The molecule has 1 saturated carbocycles. The third-order valence-corrected chi connectivity index (χ3v) is 4.64. The Hall–Kier alpha value is -1.52. The molecule has 0 aliphatic heterocycles. The number of hydrogen-bond donors (Lipinski definition) is 1. The predicted molar refractivity (Wildman–Crippen MR) is 68.3 cm³/mol. The summed E-state index contributed by atoms with van der Waals surface area (Å²) in [5, 5.41) is -0.335. The Bertz CT molecular complexity index is 652. The third kappa shape index (κ3) is 3.99. The molecular formula is C13H12F3NO2S. The van der Waals surface area contributed by atoms with Crippen molar-refractivity contribution in [3.63, 3.8) is 0 Å². The Balaban J connectivity index is 1.99. The van der Waals surface area contributed by atoms with Gasteiger partial charge in [0.2, 0.25) is 10.0 Å². The highest BCUT2D eigenvalue weighted by Crippen LogP contribution is 2.29. The Kier molecular flexibility index (Phi) is 4.06. The second-order valence-corrected chi connectivity index (χ2v) is 6.49. The lowest BCUT2D eigenvalue weighted by Crippen LogP contribution is -2.27. The van der Waals surface area contributed by atoms with Gasteiger partial charge in [-0.1, -0.05) is 17.9 Å². The van der Waals surface area contributed by atoms with Crippen LogP contribution in [0.3, 0.4) is 0 Å². The number of alkyl halides is 3. The Labute approximate surface area is 115 Å². The first kappa shape index (κ1) is 14.9. The van der Waals surface area contributed by atoms with Gasteiger partial charge in [0.25, 0.3) is 0 Å². The third-order valence-electron chi connectivity index (χ3n) is 2.75. The predicted octanol–water partition coefficient (Wildman–Crippen LogP) is 2.14. The van der Waals surface area contributed by atoms with Crippen molar-refractivity contribution in [1.29, 1.82) is 0 Å². The Morgan fingerprint density at radius 3 is 2.60 bits per heavy atom. The van der Waals surface area contributed by atoms with Gasteiger partial charge in [-0.15, -0.1) is 0 Å². The number of sulfonamides is 1. The van der Waals surface area contributed by atoms with Gasteiger partial charge in [-0.05, 0) is 31.0 Å². The second kappa shape index (κ2) is 5.46. The van der Waals surface area contributed by atoms with Crippen molar-refractivity contribution < 1.29 is 21.6 Å². The summed E-state index contributed by atoms with van der Waals surface area (Å²) in [5.41, 5.74) is -0.576. The number of rotatable bonds is 3. The van der Waals surface area contributed by atoms with Crippen LogP contribution >= 0.6 is 0 Å². The molecular weight excluding hydrogens is 291 g/mol. The number of hydrogen-bond acceptors (Lipinski definition) is 2. The molecule has 1 aromatic carbocycles. The van der Waals surface area contributed by atoms with Crippen LogP contribution in [0.4, 0.5) is 13.2 Å². The molecule has 0 radical (unpaired) electrons. The van der Waals surface area contributed by atoms with Gasteiger partial charge in [0, 0.05) is 5.56 Å². The van der Waals surface area contributed by atoms with Gasteiger partial charge in [0.15, 0.2) is 0 Å². The zero-order valence-electron chi connectivity index (χ0n) is 10.4. The molecule has 20 heavy (non-hydrogen) atoms. The summed E-state index contributed by atoms with van der Waals surface area (Å²) in [4.78, 5) is 0. The SMILES string of the molecule is O=S(=O)(NCC#Cc1cccc(C(F)(F)F)c1)C1CC1. The minimum absolute atomic E-state index is 0.102. The van der Waals surface area contributed by atoms with Crippen molar-refractivity contribution in [3.8, 4) is 11.8 Å². The lowest BCUT2D eigenvalue weighted by molar-refractivity contribution is -0.137. The van der Waals surface area contributed by atoms with E-state index in [0.29, 0.717) is 12.8 Å². The van der Waals surface area contributed by atoms with E-state index in [0.717, 1.165) is 12.1 Å². The van der Waals surface area contributed by atoms with Gasteiger partial charge in [-0.3, -0.25) is 0 Å². The van der Waals surface area contributed by atoms with Crippen LogP contribution in [0, 0.1) is 11.8 Å². The van der Waals surface area contributed by atoms with Crippen LogP contribution < -0.4 is 4.72 Å². The maximum atomic E-state index is 12.5. The van der Waals surface area contributed by atoms with Gasteiger partial charge in [-0.2, -0.15) is 13.2 Å². The number of nitrogens with one attached hydrogen (secondary N) is 1. The molecule has 0 unspecified atom stereocenters. The van der Waals surface area contributed by atoms with E-state index >= 15 is 0 Å². The fourth-order valence-electron chi connectivity index (χ4n) is 1.55.